The van der Waals surface area contributed by atoms with Gasteiger partial charge in [0.15, 0.2) is 0 Å². The van der Waals surface area contributed by atoms with Crippen LogP contribution < -0.4 is 5.73 Å². The van der Waals surface area contributed by atoms with Crippen molar-refractivity contribution in [3.8, 4) is 0 Å². The van der Waals surface area contributed by atoms with Crippen molar-refractivity contribution >= 4 is 0 Å². The zero-order valence-electron chi connectivity index (χ0n) is 8.00. The summed E-state index contributed by atoms with van der Waals surface area (Å²) in [5, 5.41) is 0. The molecule has 1 aliphatic carbocycles. The number of halogens is 2. The Balaban J connectivity index is 2.26. The van der Waals surface area contributed by atoms with E-state index in [1.165, 1.54) is 18.2 Å². The molecule has 0 heterocycles. The molecule has 0 amide bonds. The van der Waals surface area contributed by atoms with Crippen LogP contribution in [0.5, 0.6) is 0 Å². The van der Waals surface area contributed by atoms with Gasteiger partial charge in [0.05, 0.1) is 0 Å². The number of rotatable bonds is 2. The molecule has 1 aromatic rings. The molecule has 3 atom stereocenters. The number of nitrogens with two attached hydrogens (primary N) is 1. The van der Waals surface area contributed by atoms with Crippen molar-refractivity contribution in [3.63, 3.8) is 0 Å². The van der Waals surface area contributed by atoms with Gasteiger partial charge in [0.1, 0.15) is 11.6 Å². The van der Waals surface area contributed by atoms with Gasteiger partial charge in [-0.15, -0.1) is 0 Å². The first-order valence-corrected chi connectivity index (χ1v) is 4.80. The fourth-order valence-corrected chi connectivity index (χ4v) is 1.99. The van der Waals surface area contributed by atoms with E-state index in [9.17, 15) is 8.78 Å². The lowest BCUT2D eigenvalue weighted by Crippen LogP contribution is -2.18. The first-order valence-electron chi connectivity index (χ1n) is 4.80. The quantitative estimate of drug-likeness (QED) is 0.774. The number of benzene rings is 1. The standard InChI is InChI=1S/C11H13F2N/c1-6(14)7-5-8(7)11-9(12)3-2-4-10(11)13/h2-4,6-8H,5,14H2,1H3. The molecule has 76 valence electrons. The maximum atomic E-state index is 13.3. The van der Waals surface area contributed by atoms with Gasteiger partial charge in [-0.2, -0.15) is 0 Å². The van der Waals surface area contributed by atoms with Gasteiger partial charge in [-0.25, -0.2) is 8.78 Å². The van der Waals surface area contributed by atoms with E-state index in [-0.39, 0.29) is 23.4 Å². The van der Waals surface area contributed by atoms with Crippen molar-refractivity contribution < 1.29 is 8.78 Å². The first-order chi connectivity index (χ1) is 6.61. The highest BCUT2D eigenvalue weighted by molar-refractivity contribution is 5.29. The second-order valence-corrected chi connectivity index (χ2v) is 4.00. The highest BCUT2D eigenvalue weighted by Gasteiger charge is 2.43. The highest BCUT2D eigenvalue weighted by atomic mass is 19.1. The van der Waals surface area contributed by atoms with Crippen LogP contribution in [0.3, 0.4) is 0 Å². The van der Waals surface area contributed by atoms with Gasteiger partial charge in [-0.1, -0.05) is 6.07 Å². The molecule has 3 unspecified atom stereocenters. The van der Waals surface area contributed by atoms with E-state index in [1.54, 1.807) is 0 Å². The van der Waals surface area contributed by atoms with E-state index in [1.807, 2.05) is 6.92 Å². The Morgan fingerprint density at radius 3 is 2.36 bits per heavy atom. The summed E-state index contributed by atoms with van der Waals surface area (Å²) in [5.74, 6) is -0.672. The predicted molar refractivity (Wildman–Crippen MR) is 50.9 cm³/mol. The van der Waals surface area contributed by atoms with Crippen molar-refractivity contribution in [2.75, 3.05) is 0 Å². The molecule has 2 N–H and O–H groups in total. The molecule has 1 aromatic carbocycles. The van der Waals surface area contributed by atoms with Crippen LogP contribution in [0.1, 0.15) is 24.8 Å². The molecule has 0 radical (unpaired) electrons. The normalized spacial score (nSPS) is 27.4. The Bertz CT molecular complexity index is 329. The summed E-state index contributed by atoms with van der Waals surface area (Å²) < 4.78 is 26.6. The molecule has 0 spiro atoms. The SMILES string of the molecule is CC(N)C1CC1c1c(F)cccc1F. The topological polar surface area (TPSA) is 26.0 Å². The van der Waals surface area contributed by atoms with E-state index >= 15 is 0 Å². The lowest BCUT2D eigenvalue weighted by atomic mass is 10.1. The lowest BCUT2D eigenvalue weighted by Gasteiger charge is -2.06. The number of hydrogen-bond acceptors (Lipinski definition) is 1. The largest absolute Gasteiger partial charge is 0.328 e. The van der Waals surface area contributed by atoms with Crippen LogP contribution in [0.25, 0.3) is 0 Å². The van der Waals surface area contributed by atoms with Crippen molar-refractivity contribution in [3.05, 3.63) is 35.4 Å². The molecule has 1 nitrogen and oxygen atoms in total. The molecule has 14 heavy (non-hydrogen) atoms. The van der Waals surface area contributed by atoms with E-state index in [0.717, 1.165) is 6.42 Å². The molecule has 1 saturated carbocycles. The minimum absolute atomic E-state index is 0.0130. The van der Waals surface area contributed by atoms with Crippen LogP contribution in [0.4, 0.5) is 8.78 Å². The molecular formula is C11H13F2N. The third kappa shape index (κ3) is 1.52. The Hall–Kier alpha value is -0.960. The van der Waals surface area contributed by atoms with Crippen LogP contribution in [0, 0.1) is 17.6 Å². The second-order valence-electron chi connectivity index (χ2n) is 4.00. The number of hydrogen-bond donors (Lipinski definition) is 1. The molecular weight excluding hydrogens is 184 g/mol. The fourth-order valence-electron chi connectivity index (χ4n) is 1.99. The van der Waals surface area contributed by atoms with Gasteiger partial charge < -0.3 is 5.73 Å². The summed E-state index contributed by atoms with van der Waals surface area (Å²) in [6, 6.07) is 4.00. The summed E-state index contributed by atoms with van der Waals surface area (Å²) in [6.07, 6.45) is 0.801. The van der Waals surface area contributed by atoms with Crippen LogP contribution >= 0.6 is 0 Å². The predicted octanol–water partition coefficient (Wildman–Crippen LogP) is 2.42. The average molecular weight is 197 g/mol. The second kappa shape index (κ2) is 3.31. The van der Waals surface area contributed by atoms with Crippen LogP contribution in [0.15, 0.2) is 18.2 Å². The molecule has 0 aliphatic heterocycles. The van der Waals surface area contributed by atoms with Crippen LogP contribution in [-0.4, -0.2) is 6.04 Å². The van der Waals surface area contributed by atoms with E-state index in [2.05, 4.69) is 0 Å². The van der Waals surface area contributed by atoms with E-state index in [0.29, 0.717) is 0 Å². The van der Waals surface area contributed by atoms with E-state index < -0.39 is 11.6 Å². The summed E-state index contributed by atoms with van der Waals surface area (Å²) in [7, 11) is 0. The van der Waals surface area contributed by atoms with Crippen molar-refractivity contribution in [2.45, 2.75) is 25.3 Å². The smallest absolute Gasteiger partial charge is 0.129 e. The maximum Gasteiger partial charge on any atom is 0.129 e. The van der Waals surface area contributed by atoms with Crippen molar-refractivity contribution in [1.82, 2.24) is 0 Å². The molecule has 0 saturated heterocycles. The van der Waals surface area contributed by atoms with Gasteiger partial charge in [-0.3, -0.25) is 0 Å². The summed E-state index contributed by atoms with van der Waals surface area (Å²) >= 11 is 0. The highest BCUT2D eigenvalue weighted by Crippen LogP contribution is 2.50. The van der Waals surface area contributed by atoms with Gasteiger partial charge in [0.2, 0.25) is 0 Å². The summed E-state index contributed by atoms with van der Waals surface area (Å²) in [5.41, 5.74) is 5.90. The Labute approximate surface area is 81.9 Å². The lowest BCUT2D eigenvalue weighted by molar-refractivity contribution is 0.542. The van der Waals surface area contributed by atoms with Crippen LogP contribution in [0.2, 0.25) is 0 Å². The van der Waals surface area contributed by atoms with E-state index in [4.69, 9.17) is 5.73 Å². The Kier molecular flexibility index (Phi) is 2.27. The molecule has 3 heteroatoms. The zero-order valence-corrected chi connectivity index (χ0v) is 8.00. The molecule has 0 aromatic heterocycles. The van der Waals surface area contributed by atoms with Gasteiger partial charge in [-0.05, 0) is 37.3 Å². The maximum absolute atomic E-state index is 13.3. The minimum atomic E-state index is -0.446. The van der Waals surface area contributed by atoms with Gasteiger partial charge in [0, 0.05) is 11.6 Å². The van der Waals surface area contributed by atoms with Gasteiger partial charge in [0.25, 0.3) is 0 Å². The average Bonchev–Trinajstić information content (AvgIpc) is 2.83. The Morgan fingerprint density at radius 1 is 1.36 bits per heavy atom. The molecule has 0 bridgehead atoms. The van der Waals surface area contributed by atoms with Crippen molar-refractivity contribution in [1.29, 1.82) is 0 Å². The third-order valence-corrected chi connectivity index (χ3v) is 2.89. The first kappa shape index (κ1) is 9.59. The Morgan fingerprint density at radius 2 is 1.93 bits per heavy atom. The minimum Gasteiger partial charge on any atom is -0.328 e. The monoisotopic (exact) mass is 197 g/mol. The summed E-state index contributed by atoms with van der Waals surface area (Å²) in [6.45, 7) is 1.88. The molecule has 2 rings (SSSR count). The van der Waals surface area contributed by atoms with Crippen LogP contribution in [-0.2, 0) is 0 Å². The van der Waals surface area contributed by atoms with Gasteiger partial charge >= 0.3 is 0 Å². The fraction of sp³-hybridized carbons (Fsp3) is 0.455. The molecule has 1 aliphatic rings. The summed E-state index contributed by atoms with van der Waals surface area (Å²) in [4.78, 5) is 0. The third-order valence-electron chi connectivity index (χ3n) is 2.89. The van der Waals surface area contributed by atoms with Crippen molar-refractivity contribution in [2.24, 2.45) is 11.7 Å². The zero-order chi connectivity index (χ0) is 10.3. The molecule has 1 fully saturated rings.